The van der Waals surface area contributed by atoms with Gasteiger partial charge in [0, 0.05) is 12.4 Å². The second-order valence-electron chi connectivity index (χ2n) is 2.52. The minimum atomic E-state index is 0.454. The molecule has 2 N–H and O–H groups in total. The number of rotatable bonds is 1. The zero-order chi connectivity index (χ0) is 9.10. The lowest BCUT2D eigenvalue weighted by Gasteiger charge is -1.98. The van der Waals surface area contributed by atoms with Crippen molar-refractivity contribution in [3.05, 3.63) is 36.7 Å². The molecule has 0 spiro atoms. The van der Waals surface area contributed by atoms with Gasteiger partial charge in [0.1, 0.15) is 11.5 Å². The normalized spacial score (nSPS) is 9.85. The SMILES string of the molecule is Nc1ccnc(-c2ccccn2)n1. The van der Waals surface area contributed by atoms with E-state index < -0.39 is 0 Å². The minimum Gasteiger partial charge on any atom is -0.384 e. The molecule has 2 aromatic rings. The van der Waals surface area contributed by atoms with Crippen LogP contribution in [-0.4, -0.2) is 15.0 Å². The summed E-state index contributed by atoms with van der Waals surface area (Å²) in [6, 6.07) is 7.21. The topological polar surface area (TPSA) is 64.7 Å². The highest BCUT2D eigenvalue weighted by atomic mass is 15.0. The molecule has 0 aliphatic heterocycles. The number of nitrogens with zero attached hydrogens (tertiary/aromatic N) is 3. The second kappa shape index (κ2) is 3.18. The molecule has 0 atom stereocenters. The summed E-state index contributed by atoms with van der Waals surface area (Å²) in [6.07, 6.45) is 3.31. The fourth-order valence-electron chi connectivity index (χ4n) is 0.991. The molecular weight excluding hydrogens is 164 g/mol. The van der Waals surface area contributed by atoms with Gasteiger partial charge in [-0.1, -0.05) is 6.07 Å². The Morgan fingerprint density at radius 1 is 1.00 bits per heavy atom. The van der Waals surface area contributed by atoms with Crippen molar-refractivity contribution in [2.75, 3.05) is 5.73 Å². The highest BCUT2D eigenvalue weighted by Gasteiger charge is 2.00. The molecule has 0 aliphatic rings. The van der Waals surface area contributed by atoms with Crippen LogP contribution >= 0.6 is 0 Å². The van der Waals surface area contributed by atoms with Gasteiger partial charge in [-0.15, -0.1) is 0 Å². The van der Waals surface area contributed by atoms with Crippen molar-refractivity contribution in [1.29, 1.82) is 0 Å². The number of anilines is 1. The van der Waals surface area contributed by atoms with E-state index in [1.807, 2.05) is 18.2 Å². The zero-order valence-corrected chi connectivity index (χ0v) is 6.88. The number of pyridine rings is 1. The van der Waals surface area contributed by atoms with Gasteiger partial charge in [0.05, 0.1) is 0 Å². The summed E-state index contributed by atoms with van der Waals surface area (Å²) in [5.41, 5.74) is 6.25. The van der Waals surface area contributed by atoms with Crippen LogP contribution in [0, 0.1) is 0 Å². The van der Waals surface area contributed by atoms with Gasteiger partial charge in [-0.25, -0.2) is 9.97 Å². The van der Waals surface area contributed by atoms with Crippen LogP contribution in [0.5, 0.6) is 0 Å². The van der Waals surface area contributed by atoms with Gasteiger partial charge in [0.25, 0.3) is 0 Å². The number of aromatic nitrogens is 3. The zero-order valence-electron chi connectivity index (χ0n) is 6.88. The Morgan fingerprint density at radius 3 is 2.62 bits per heavy atom. The standard InChI is InChI=1S/C9H8N4/c10-8-4-6-12-9(13-8)7-3-1-2-5-11-7/h1-6H,(H2,10,12,13). The molecule has 0 amide bonds. The summed E-state index contributed by atoms with van der Waals surface area (Å²) >= 11 is 0. The predicted octanol–water partition coefficient (Wildman–Crippen LogP) is 1.12. The van der Waals surface area contributed by atoms with Gasteiger partial charge in [-0.3, -0.25) is 4.98 Å². The van der Waals surface area contributed by atoms with E-state index in [0.717, 1.165) is 5.69 Å². The molecular formula is C9H8N4. The van der Waals surface area contributed by atoms with Gasteiger partial charge < -0.3 is 5.73 Å². The van der Waals surface area contributed by atoms with E-state index in [-0.39, 0.29) is 0 Å². The Morgan fingerprint density at radius 2 is 1.92 bits per heavy atom. The van der Waals surface area contributed by atoms with Crippen molar-refractivity contribution in [1.82, 2.24) is 15.0 Å². The monoisotopic (exact) mass is 172 g/mol. The molecule has 64 valence electrons. The Kier molecular flexibility index (Phi) is 1.88. The lowest BCUT2D eigenvalue weighted by Crippen LogP contribution is -1.95. The van der Waals surface area contributed by atoms with Crippen molar-refractivity contribution in [3.63, 3.8) is 0 Å². The largest absolute Gasteiger partial charge is 0.384 e. The first-order valence-electron chi connectivity index (χ1n) is 3.86. The van der Waals surface area contributed by atoms with E-state index >= 15 is 0 Å². The van der Waals surface area contributed by atoms with Crippen molar-refractivity contribution >= 4 is 5.82 Å². The third-order valence-electron chi connectivity index (χ3n) is 1.57. The Hall–Kier alpha value is -1.97. The summed E-state index contributed by atoms with van der Waals surface area (Å²) in [7, 11) is 0. The van der Waals surface area contributed by atoms with Gasteiger partial charge in [-0.05, 0) is 18.2 Å². The summed E-state index contributed by atoms with van der Waals surface area (Å²) in [5, 5.41) is 0. The summed E-state index contributed by atoms with van der Waals surface area (Å²) in [6.45, 7) is 0. The van der Waals surface area contributed by atoms with Crippen LogP contribution in [0.2, 0.25) is 0 Å². The second-order valence-corrected chi connectivity index (χ2v) is 2.52. The van der Waals surface area contributed by atoms with Crippen molar-refractivity contribution in [3.8, 4) is 11.5 Å². The predicted molar refractivity (Wildman–Crippen MR) is 49.7 cm³/mol. The molecule has 0 radical (unpaired) electrons. The average Bonchev–Trinajstić information content (AvgIpc) is 2.19. The molecule has 0 aromatic carbocycles. The fraction of sp³-hybridized carbons (Fsp3) is 0. The van der Waals surface area contributed by atoms with Gasteiger partial charge in [0.15, 0.2) is 5.82 Å². The lowest BCUT2D eigenvalue weighted by molar-refractivity contribution is 1.15. The number of nitrogen functional groups attached to an aromatic ring is 1. The molecule has 0 bridgehead atoms. The first-order chi connectivity index (χ1) is 6.36. The molecule has 4 heteroatoms. The molecule has 13 heavy (non-hydrogen) atoms. The molecule has 0 saturated carbocycles. The first-order valence-corrected chi connectivity index (χ1v) is 3.86. The molecule has 4 nitrogen and oxygen atoms in total. The summed E-state index contributed by atoms with van der Waals surface area (Å²) in [4.78, 5) is 12.2. The van der Waals surface area contributed by atoms with E-state index in [2.05, 4.69) is 15.0 Å². The maximum absolute atomic E-state index is 5.52. The summed E-state index contributed by atoms with van der Waals surface area (Å²) in [5.74, 6) is 1.01. The fourth-order valence-corrected chi connectivity index (χ4v) is 0.991. The van der Waals surface area contributed by atoms with Crippen LogP contribution in [-0.2, 0) is 0 Å². The Labute approximate surface area is 75.5 Å². The van der Waals surface area contributed by atoms with Crippen molar-refractivity contribution in [2.45, 2.75) is 0 Å². The third kappa shape index (κ3) is 1.61. The Bertz CT molecular complexity index is 399. The van der Waals surface area contributed by atoms with E-state index in [1.54, 1.807) is 18.5 Å². The van der Waals surface area contributed by atoms with Crippen LogP contribution in [0.15, 0.2) is 36.7 Å². The Balaban J connectivity index is 2.48. The van der Waals surface area contributed by atoms with E-state index in [9.17, 15) is 0 Å². The molecule has 0 unspecified atom stereocenters. The highest BCUT2D eigenvalue weighted by Crippen LogP contribution is 2.10. The first kappa shape index (κ1) is 7.67. The molecule has 0 fully saturated rings. The third-order valence-corrected chi connectivity index (χ3v) is 1.57. The average molecular weight is 172 g/mol. The number of nitrogens with two attached hydrogens (primary N) is 1. The van der Waals surface area contributed by atoms with E-state index in [4.69, 9.17) is 5.73 Å². The quantitative estimate of drug-likeness (QED) is 0.700. The molecule has 2 heterocycles. The lowest BCUT2D eigenvalue weighted by atomic mass is 10.3. The highest BCUT2D eigenvalue weighted by molar-refractivity contribution is 5.50. The van der Waals surface area contributed by atoms with Crippen LogP contribution < -0.4 is 5.73 Å². The van der Waals surface area contributed by atoms with Crippen LogP contribution in [0.4, 0.5) is 5.82 Å². The maximum atomic E-state index is 5.52. The maximum Gasteiger partial charge on any atom is 0.180 e. The van der Waals surface area contributed by atoms with E-state index in [0.29, 0.717) is 11.6 Å². The molecule has 2 rings (SSSR count). The van der Waals surface area contributed by atoms with Crippen molar-refractivity contribution < 1.29 is 0 Å². The van der Waals surface area contributed by atoms with E-state index in [1.165, 1.54) is 0 Å². The number of hydrogen-bond acceptors (Lipinski definition) is 4. The van der Waals surface area contributed by atoms with Crippen LogP contribution in [0.3, 0.4) is 0 Å². The van der Waals surface area contributed by atoms with Gasteiger partial charge in [0.2, 0.25) is 0 Å². The van der Waals surface area contributed by atoms with Gasteiger partial charge >= 0.3 is 0 Å². The summed E-state index contributed by atoms with van der Waals surface area (Å²) < 4.78 is 0. The number of hydrogen-bond donors (Lipinski definition) is 1. The molecule has 2 aromatic heterocycles. The van der Waals surface area contributed by atoms with Crippen LogP contribution in [0.1, 0.15) is 0 Å². The van der Waals surface area contributed by atoms with Crippen LogP contribution in [0.25, 0.3) is 11.5 Å². The van der Waals surface area contributed by atoms with Gasteiger partial charge in [-0.2, -0.15) is 0 Å². The van der Waals surface area contributed by atoms with Crippen molar-refractivity contribution in [2.24, 2.45) is 0 Å². The smallest absolute Gasteiger partial charge is 0.180 e. The minimum absolute atomic E-state index is 0.454. The molecule has 0 saturated heterocycles. The molecule has 0 aliphatic carbocycles.